The van der Waals surface area contributed by atoms with E-state index in [1.54, 1.807) is 11.0 Å². The van der Waals surface area contributed by atoms with Crippen LogP contribution in [0.1, 0.15) is 65.7 Å². The molecule has 1 saturated heterocycles. The van der Waals surface area contributed by atoms with E-state index < -0.39 is 29.7 Å². The van der Waals surface area contributed by atoms with Crippen LogP contribution in [0, 0.1) is 23.7 Å². The largest absolute Gasteiger partial charge is 0.478 e. The summed E-state index contributed by atoms with van der Waals surface area (Å²) in [7, 11) is 0. The first kappa shape index (κ1) is 36.8. The third-order valence-corrected chi connectivity index (χ3v) is 10.7. The lowest BCUT2D eigenvalue weighted by Crippen LogP contribution is -2.64. The van der Waals surface area contributed by atoms with Gasteiger partial charge in [0.25, 0.3) is 0 Å². The summed E-state index contributed by atoms with van der Waals surface area (Å²) >= 11 is 6.36. The lowest BCUT2D eigenvalue weighted by atomic mass is 9.52. The number of piperazine rings is 1. The van der Waals surface area contributed by atoms with E-state index in [-0.39, 0.29) is 42.3 Å². The molecule has 0 unspecified atom stereocenters. The number of aliphatic hydroxyl groups excluding tert-OH is 1. The van der Waals surface area contributed by atoms with Crippen molar-refractivity contribution in [1.29, 1.82) is 0 Å². The zero-order chi connectivity index (χ0) is 34.7. The Bertz CT molecular complexity index is 1320. The molecule has 4 bridgehead atoms. The number of carboxylic acids is 2. The number of carbonyl (C=O) groups excluding carboxylic acids is 2. The molecule has 6 rings (SSSR count). The van der Waals surface area contributed by atoms with Crippen LogP contribution >= 0.6 is 11.6 Å². The van der Waals surface area contributed by atoms with Crippen LogP contribution in [0.2, 0.25) is 5.02 Å². The Hall–Kier alpha value is -3.03. The Kier molecular flexibility index (Phi) is 11.8. The van der Waals surface area contributed by atoms with Gasteiger partial charge in [-0.15, -0.1) is 0 Å². The minimum Gasteiger partial charge on any atom is -0.478 e. The Morgan fingerprint density at radius 1 is 1.09 bits per heavy atom. The van der Waals surface area contributed by atoms with E-state index in [2.05, 4.69) is 19.2 Å². The van der Waals surface area contributed by atoms with E-state index in [4.69, 9.17) is 27.5 Å². The number of para-hydroxylation sites is 1. The fourth-order valence-corrected chi connectivity index (χ4v) is 8.42. The summed E-state index contributed by atoms with van der Waals surface area (Å²) in [5, 5.41) is 41.4. The summed E-state index contributed by atoms with van der Waals surface area (Å²) < 4.78 is 0. The van der Waals surface area contributed by atoms with Crippen LogP contribution in [0.4, 0.5) is 5.69 Å². The molecule has 4 saturated carbocycles. The SMILES string of the molecule is CC[C@H](C[C@H](O)[C@@H](N)CN1CC(=O)N(c2ccccc2Cl)CC1(C)C)C(=O)NC1[C@H]2CC3C[C@H]1CC(O)(C3)C2.O=C(O)/C=C/C(=O)O. The average Bonchev–Trinajstić information content (AvgIpc) is 2.98. The summed E-state index contributed by atoms with van der Waals surface area (Å²) in [6.07, 6.45) is 5.81. The van der Waals surface area contributed by atoms with Crippen molar-refractivity contribution in [3.63, 3.8) is 0 Å². The monoisotopic (exact) mass is 676 g/mol. The predicted octanol–water partition coefficient (Wildman–Crippen LogP) is 2.64. The van der Waals surface area contributed by atoms with Crippen LogP contribution in [0.3, 0.4) is 0 Å². The van der Waals surface area contributed by atoms with Crippen molar-refractivity contribution in [2.45, 2.75) is 95.0 Å². The van der Waals surface area contributed by atoms with Gasteiger partial charge >= 0.3 is 11.9 Å². The van der Waals surface area contributed by atoms with Crippen LogP contribution in [-0.2, 0) is 19.2 Å². The molecule has 260 valence electrons. The van der Waals surface area contributed by atoms with Crippen LogP contribution in [0.15, 0.2) is 36.4 Å². The number of nitrogens with two attached hydrogens (primary N) is 1. The number of carboxylic acid groups (broad SMARTS) is 2. The number of aliphatic hydroxyl groups is 2. The maximum Gasteiger partial charge on any atom is 0.328 e. The van der Waals surface area contributed by atoms with Gasteiger partial charge in [0, 0.05) is 48.8 Å². The summed E-state index contributed by atoms with van der Waals surface area (Å²) in [5.41, 5.74) is 6.28. The Morgan fingerprint density at radius 3 is 2.21 bits per heavy atom. The lowest BCUT2D eigenvalue weighted by Gasteiger charge is -2.58. The molecule has 5 aliphatic rings. The van der Waals surface area contributed by atoms with Crippen molar-refractivity contribution in [3.8, 4) is 0 Å². The fraction of sp³-hybridized carbons (Fsp3) is 0.647. The van der Waals surface area contributed by atoms with E-state index in [0.717, 1.165) is 32.1 Å². The molecule has 0 radical (unpaired) electrons. The van der Waals surface area contributed by atoms with Crippen molar-refractivity contribution in [1.82, 2.24) is 10.2 Å². The van der Waals surface area contributed by atoms with Gasteiger partial charge in [0.05, 0.1) is 29.0 Å². The van der Waals surface area contributed by atoms with Crippen LogP contribution in [0.5, 0.6) is 0 Å². The van der Waals surface area contributed by atoms with E-state index in [1.165, 1.54) is 0 Å². The predicted molar refractivity (Wildman–Crippen MR) is 177 cm³/mol. The number of hydrogen-bond donors (Lipinski definition) is 6. The van der Waals surface area contributed by atoms with E-state index in [9.17, 15) is 29.4 Å². The van der Waals surface area contributed by atoms with E-state index >= 15 is 0 Å². The maximum atomic E-state index is 13.3. The maximum absolute atomic E-state index is 13.3. The van der Waals surface area contributed by atoms with Gasteiger partial charge in [-0.3, -0.25) is 14.5 Å². The molecule has 13 heteroatoms. The molecule has 5 atom stereocenters. The van der Waals surface area contributed by atoms with Gasteiger partial charge in [-0.25, -0.2) is 9.59 Å². The molecular weight excluding hydrogens is 628 g/mol. The second kappa shape index (κ2) is 15.0. The molecule has 5 fully saturated rings. The highest BCUT2D eigenvalue weighted by Crippen LogP contribution is 2.55. The number of nitrogens with one attached hydrogen (secondary N) is 1. The first-order valence-corrected chi connectivity index (χ1v) is 16.8. The fourth-order valence-electron chi connectivity index (χ4n) is 8.18. The number of aliphatic carboxylic acids is 2. The summed E-state index contributed by atoms with van der Waals surface area (Å²) in [4.78, 5) is 49.3. The van der Waals surface area contributed by atoms with Gasteiger partial charge in [-0.05, 0) is 88.7 Å². The first-order chi connectivity index (χ1) is 22.0. The minimum absolute atomic E-state index is 0.0166. The second-order valence-electron chi connectivity index (χ2n) is 14.4. The molecule has 0 aromatic heterocycles. The number of halogens is 1. The molecule has 12 nitrogen and oxygen atoms in total. The Labute approximate surface area is 280 Å². The van der Waals surface area contributed by atoms with Crippen molar-refractivity contribution in [2.24, 2.45) is 29.4 Å². The summed E-state index contributed by atoms with van der Waals surface area (Å²) in [6.45, 7) is 7.07. The standard InChI is InChI=1S/C30H45ClN4O4.C4H4O4/c1-4-19(28(38)33-27-20-9-18-10-21(27)14-30(39,12-18)13-20)11-25(36)23(32)15-34-16-26(37)35(17-29(34,2)3)24-8-6-5-7-22(24)31;5-3(6)1-2-4(7)8/h5-8,18-21,23,25,27,36,39H,4,9-17,32H2,1-3H3,(H,33,38);1-2H,(H,5,6)(H,7,8)/b;2-1+/t18?,19-,20+,21+,23+,25+,27?,30?;/m1./s1. The van der Waals surface area contributed by atoms with Gasteiger partial charge in [0.15, 0.2) is 0 Å². The highest BCUT2D eigenvalue weighted by molar-refractivity contribution is 6.33. The topological polar surface area (TPSA) is 194 Å². The Morgan fingerprint density at radius 2 is 1.68 bits per heavy atom. The highest BCUT2D eigenvalue weighted by Gasteiger charge is 2.55. The number of rotatable bonds is 11. The van der Waals surface area contributed by atoms with Gasteiger partial charge in [0.2, 0.25) is 11.8 Å². The highest BCUT2D eigenvalue weighted by atomic mass is 35.5. The van der Waals surface area contributed by atoms with Gasteiger partial charge in [-0.1, -0.05) is 30.7 Å². The number of anilines is 1. The van der Waals surface area contributed by atoms with Crippen molar-refractivity contribution < 1.29 is 39.6 Å². The van der Waals surface area contributed by atoms with Crippen LogP contribution in [-0.4, -0.2) is 98.0 Å². The zero-order valence-electron chi connectivity index (χ0n) is 27.3. The van der Waals surface area contributed by atoms with Gasteiger partial charge in [0.1, 0.15) is 0 Å². The van der Waals surface area contributed by atoms with Crippen molar-refractivity contribution in [2.75, 3.05) is 24.5 Å². The number of nitrogens with zero attached hydrogens (tertiary/aromatic N) is 2. The minimum atomic E-state index is -1.26. The van der Waals surface area contributed by atoms with Crippen molar-refractivity contribution >= 4 is 41.0 Å². The number of amides is 2. The van der Waals surface area contributed by atoms with E-state index in [0.29, 0.717) is 60.1 Å². The molecule has 1 aromatic rings. The van der Waals surface area contributed by atoms with Gasteiger partial charge < -0.3 is 36.4 Å². The Balaban J connectivity index is 0.000000555. The third kappa shape index (κ3) is 9.11. The zero-order valence-corrected chi connectivity index (χ0v) is 28.1. The quantitative estimate of drug-likeness (QED) is 0.190. The second-order valence-corrected chi connectivity index (χ2v) is 14.8. The van der Waals surface area contributed by atoms with Gasteiger partial charge in [-0.2, -0.15) is 0 Å². The first-order valence-electron chi connectivity index (χ1n) is 16.4. The molecule has 1 aliphatic heterocycles. The molecule has 0 spiro atoms. The smallest absolute Gasteiger partial charge is 0.328 e. The number of benzene rings is 1. The summed E-state index contributed by atoms with van der Waals surface area (Å²) in [5.74, 6) is -1.64. The van der Waals surface area contributed by atoms with E-state index in [1.807, 2.05) is 30.0 Å². The summed E-state index contributed by atoms with van der Waals surface area (Å²) in [6, 6.07) is 6.86. The normalized spacial score (nSPS) is 29.9. The molecule has 2 amide bonds. The third-order valence-electron chi connectivity index (χ3n) is 10.4. The average molecular weight is 677 g/mol. The molecule has 47 heavy (non-hydrogen) atoms. The number of hydrogen-bond acceptors (Lipinski definition) is 8. The molecule has 1 aromatic carbocycles. The molecule has 1 heterocycles. The lowest BCUT2D eigenvalue weighted by molar-refractivity contribution is -0.148. The molecule has 4 aliphatic carbocycles. The van der Waals surface area contributed by atoms with Crippen LogP contribution in [0.25, 0.3) is 0 Å². The van der Waals surface area contributed by atoms with Crippen molar-refractivity contribution in [3.05, 3.63) is 41.4 Å². The molecule has 7 N–H and O–H groups in total. The number of carbonyl (C=O) groups is 4. The van der Waals surface area contributed by atoms with Crippen LogP contribution < -0.4 is 16.0 Å². The molecular formula is C34H49ClN4O8.